The predicted molar refractivity (Wildman–Crippen MR) is 128 cm³/mol. The lowest BCUT2D eigenvalue weighted by Crippen LogP contribution is -2.31. The molecule has 8 heteroatoms. The van der Waals surface area contributed by atoms with Gasteiger partial charge in [-0.15, -0.1) is 23.1 Å². The number of fused-ring (bicyclic) bond motifs is 3. The van der Waals surface area contributed by atoms with Gasteiger partial charge in [-0.05, 0) is 57.0 Å². The lowest BCUT2D eigenvalue weighted by atomic mass is 9.95. The number of hydrogen-bond donors (Lipinski definition) is 0. The van der Waals surface area contributed by atoms with E-state index in [1.54, 1.807) is 23.1 Å². The highest BCUT2D eigenvalue weighted by atomic mass is 35.5. The van der Waals surface area contributed by atoms with Crippen LogP contribution in [0.4, 0.5) is 0 Å². The van der Waals surface area contributed by atoms with Gasteiger partial charge in [0.2, 0.25) is 0 Å². The first-order chi connectivity index (χ1) is 14.8. The van der Waals surface area contributed by atoms with Gasteiger partial charge in [0.15, 0.2) is 0 Å². The minimum absolute atomic E-state index is 0.187. The number of ether oxygens (including phenoxy) is 1. The number of aromatic nitrogens is 4. The number of aryl methyl sites for hydroxylation is 2. The number of thioether (sulfide) groups is 1. The molecule has 0 atom stereocenters. The Labute approximate surface area is 194 Å². The van der Waals surface area contributed by atoms with Crippen LogP contribution in [0.1, 0.15) is 41.2 Å². The van der Waals surface area contributed by atoms with Crippen LogP contribution >= 0.6 is 34.7 Å². The molecule has 0 spiro atoms. The summed E-state index contributed by atoms with van der Waals surface area (Å²) in [7, 11) is 0. The Hall–Kier alpha value is -1.93. The zero-order chi connectivity index (χ0) is 21.8. The van der Waals surface area contributed by atoms with E-state index in [9.17, 15) is 0 Å². The molecule has 160 valence electrons. The average molecular weight is 471 g/mol. The van der Waals surface area contributed by atoms with Gasteiger partial charge >= 0.3 is 0 Å². The summed E-state index contributed by atoms with van der Waals surface area (Å²) in [4.78, 5) is 12.2. The molecule has 1 aliphatic heterocycles. The normalized spacial score (nSPS) is 15.4. The van der Waals surface area contributed by atoms with Gasteiger partial charge in [0.25, 0.3) is 5.95 Å². The molecule has 1 aliphatic rings. The number of halogens is 1. The molecule has 0 N–H and O–H groups in total. The minimum Gasteiger partial charge on any atom is -0.370 e. The van der Waals surface area contributed by atoms with Crippen LogP contribution in [-0.4, -0.2) is 25.3 Å². The second-order valence-corrected chi connectivity index (χ2v) is 11.0. The van der Waals surface area contributed by atoms with E-state index in [0.717, 1.165) is 38.4 Å². The van der Waals surface area contributed by atoms with Crippen molar-refractivity contribution in [3.05, 3.63) is 62.7 Å². The Morgan fingerprint density at radius 2 is 1.97 bits per heavy atom. The number of thiophene rings is 1. The topological polar surface area (TPSA) is 52.8 Å². The standard InChI is InChI=1S/C23H23ClN4OS2/c1-13-9-14(2)28(27-13)22-25-20(30-12-15-5-7-16(24)8-6-15)19-17-10-23(3,4)29-11-18(17)31-21(19)26-22/h5-9H,10-12H2,1-4H3. The molecule has 0 saturated heterocycles. The van der Waals surface area contributed by atoms with Gasteiger partial charge in [0.1, 0.15) is 9.86 Å². The van der Waals surface area contributed by atoms with E-state index >= 15 is 0 Å². The van der Waals surface area contributed by atoms with Crippen molar-refractivity contribution in [2.24, 2.45) is 0 Å². The first kappa shape index (κ1) is 20.9. The van der Waals surface area contributed by atoms with Crippen molar-refractivity contribution in [3.8, 4) is 5.95 Å². The summed E-state index contributed by atoms with van der Waals surface area (Å²) in [5.41, 5.74) is 4.33. The lowest BCUT2D eigenvalue weighted by Gasteiger charge is -2.30. The number of benzene rings is 1. The van der Waals surface area contributed by atoms with Crippen molar-refractivity contribution < 1.29 is 4.74 Å². The maximum Gasteiger partial charge on any atom is 0.253 e. The van der Waals surface area contributed by atoms with Crippen molar-refractivity contribution in [2.45, 2.75) is 57.1 Å². The largest absolute Gasteiger partial charge is 0.370 e. The molecule has 31 heavy (non-hydrogen) atoms. The van der Waals surface area contributed by atoms with Crippen LogP contribution in [0.3, 0.4) is 0 Å². The molecule has 0 unspecified atom stereocenters. The van der Waals surface area contributed by atoms with Crippen LogP contribution in [0.2, 0.25) is 5.02 Å². The van der Waals surface area contributed by atoms with Gasteiger partial charge in [-0.1, -0.05) is 23.7 Å². The van der Waals surface area contributed by atoms with Crippen LogP contribution in [0.25, 0.3) is 16.2 Å². The maximum absolute atomic E-state index is 6.06. The van der Waals surface area contributed by atoms with Gasteiger partial charge in [0, 0.05) is 33.2 Å². The lowest BCUT2D eigenvalue weighted by molar-refractivity contribution is -0.0379. The summed E-state index contributed by atoms with van der Waals surface area (Å²) in [6.07, 6.45) is 0.861. The summed E-state index contributed by atoms with van der Waals surface area (Å²) in [6.45, 7) is 8.93. The van der Waals surface area contributed by atoms with E-state index in [1.807, 2.05) is 36.7 Å². The fourth-order valence-corrected chi connectivity index (χ4v) is 6.16. The highest BCUT2D eigenvalue weighted by Gasteiger charge is 2.31. The third kappa shape index (κ3) is 4.12. The zero-order valence-corrected chi connectivity index (χ0v) is 20.3. The molecular formula is C23H23ClN4OS2. The van der Waals surface area contributed by atoms with E-state index in [2.05, 4.69) is 31.1 Å². The Morgan fingerprint density at radius 3 is 2.68 bits per heavy atom. The van der Waals surface area contributed by atoms with Crippen molar-refractivity contribution in [3.63, 3.8) is 0 Å². The number of hydrogen-bond acceptors (Lipinski definition) is 6. The van der Waals surface area contributed by atoms with Gasteiger partial charge in [-0.25, -0.2) is 9.67 Å². The molecule has 0 saturated carbocycles. The van der Waals surface area contributed by atoms with E-state index in [-0.39, 0.29) is 5.60 Å². The highest BCUT2D eigenvalue weighted by Crippen LogP contribution is 2.42. The van der Waals surface area contributed by atoms with Crippen LogP contribution in [0.15, 0.2) is 35.4 Å². The molecule has 0 bridgehead atoms. The van der Waals surface area contributed by atoms with E-state index in [4.69, 9.17) is 26.3 Å². The monoisotopic (exact) mass is 470 g/mol. The Balaban J connectivity index is 1.63. The summed E-state index contributed by atoms with van der Waals surface area (Å²) in [5.74, 6) is 1.43. The molecule has 0 radical (unpaired) electrons. The molecule has 5 nitrogen and oxygen atoms in total. The van der Waals surface area contributed by atoms with Crippen molar-refractivity contribution in [1.82, 2.24) is 19.7 Å². The van der Waals surface area contributed by atoms with Crippen molar-refractivity contribution in [1.29, 1.82) is 0 Å². The Morgan fingerprint density at radius 1 is 1.19 bits per heavy atom. The van der Waals surface area contributed by atoms with Crippen LogP contribution in [0.5, 0.6) is 0 Å². The molecule has 4 aromatic rings. The van der Waals surface area contributed by atoms with Gasteiger partial charge < -0.3 is 4.74 Å². The first-order valence-corrected chi connectivity index (χ1v) is 12.3. The molecule has 0 amide bonds. The van der Waals surface area contributed by atoms with Crippen molar-refractivity contribution in [2.75, 3.05) is 0 Å². The SMILES string of the molecule is Cc1cc(C)n(-c2nc(SCc3ccc(Cl)cc3)c3c4c(sc3n2)COC(C)(C)C4)n1. The van der Waals surface area contributed by atoms with Gasteiger partial charge in [0.05, 0.1) is 17.9 Å². The summed E-state index contributed by atoms with van der Waals surface area (Å²) >= 11 is 9.51. The molecule has 0 aliphatic carbocycles. The van der Waals surface area contributed by atoms with Crippen LogP contribution in [-0.2, 0) is 23.5 Å². The zero-order valence-electron chi connectivity index (χ0n) is 17.9. The molecule has 0 fully saturated rings. The first-order valence-electron chi connectivity index (χ1n) is 10.2. The molecule has 3 aromatic heterocycles. The summed E-state index contributed by atoms with van der Waals surface area (Å²) in [5, 5.41) is 7.52. The number of nitrogens with zero attached hydrogens (tertiary/aromatic N) is 4. The fraction of sp³-hybridized carbons (Fsp3) is 0.348. The molecular weight excluding hydrogens is 448 g/mol. The van der Waals surface area contributed by atoms with Crippen LogP contribution < -0.4 is 0 Å². The minimum atomic E-state index is -0.187. The van der Waals surface area contributed by atoms with Gasteiger partial charge in [-0.2, -0.15) is 10.1 Å². The third-order valence-electron chi connectivity index (χ3n) is 5.37. The summed E-state index contributed by atoms with van der Waals surface area (Å²) in [6, 6.07) is 10.0. The third-order valence-corrected chi connectivity index (χ3v) is 7.77. The van der Waals surface area contributed by atoms with Crippen molar-refractivity contribution >= 4 is 44.9 Å². The Bertz CT molecular complexity index is 1280. The highest BCUT2D eigenvalue weighted by molar-refractivity contribution is 7.98. The molecule has 5 rings (SSSR count). The number of rotatable bonds is 4. The van der Waals surface area contributed by atoms with E-state index < -0.39 is 0 Å². The molecule has 1 aromatic carbocycles. The quantitative estimate of drug-likeness (QED) is 0.259. The Kier molecular flexibility index (Phi) is 5.33. The second kappa shape index (κ2) is 7.89. The van der Waals surface area contributed by atoms with E-state index in [1.165, 1.54) is 21.4 Å². The smallest absolute Gasteiger partial charge is 0.253 e. The molecule has 4 heterocycles. The second-order valence-electron chi connectivity index (χ2n) is 8.49. The average Bonchev–Trinajstić information content (AvgIpc) is 3.25. The summed E-state index contributed by atoms with van der Waals surface area (Å²) < 4.78 is 7.90. The van der Waals surface area contributed by atoms with Crippen LogP contribution in [0, 0.1) is 13.8 Å². The predicted octanol–water partition coefficient (Wildman–Crippen LogP) is 6.29. The maximum atomic E-state index is 6.06. The van der Waals surface area contributed by atoms with Gasteiger partial charge in [-0.3, -0.25) is 0 Å². The fourth-order valence-electron chi connectivity index (χ4n) is 3.86. The van der Waals surface area contributed by atoms with E-state index in [0.29, 0.717) is 12.6 Å².